The van der Waals surface area contributed by atoms with E-state index in [9.17, 15) is 13.2 Å². The molecule has 0 saturated carbocycles. The SMILES string of the molecule is Cc1ccc(S(=O)(=O)n2[nH]c(C(=O)OC(C)(C)C)c3cc(-c4ccoc4)cc2-3)cc1. The minimum atomic E-state index is -3.96. The Morgan fingerprint density at radius 2 is 1.77 bits per heavy atom. The van der Waals surface area contributed by atoms with Crippen molar-refractivity contribution in [2.45, 2.75) is 38.2 Å². The number of ether oxygens (including phenoxy) is 1. The Morgan fingerprint density at radius 1 is 1.07 bits per heavy atom. The monoisotopic (exact) mass is 426 g/mol. The van der Waals surface area contributed by atoms with Crippen LogP contribution in [-0.4, -0.2) is 29.2 Å². The van der Waals surface area contributed by atoms with Gasteiger partial charge < -0.3 is 9.15 Å². The highest BCUT2D eigenvalue weighted by Gasteiger charge is 2.32. The van der Waals surface area contributed by atoms with E-state index in [1.165, 1.54) is 18.4 Å². The second kappa shape index (κ2) is 6.91. The standard InChI is InChI=1S/C22H22N2O5S/c1-14-5-7-17(8-6-14)30(26,27)24-19-12-16(15-9-10-28-13-15)11-18(19)20(23-24)21(25)29-22(2,3)4/h5-13,23H,1-4H3. The molecule has 0 spiro atoms. The summed E-state index contributed by atoms with van der Waals surface area (Å²) < 4.78 is 38.3. The van der Waals surface area contributed by atoms with Crippen molar-refractivity contribution in [1.29, 1.82) is 0 Å². The molecule has 4 rings (SSSR count). The van der Waals surface area contributed by atoms with Crippen LogP contribution in [0.1, 0.15) is 36.8 Å². The van der Waals surface area contributed by atoms with Gasteiger partial charge in [-0.3, -0.25) is 5.10 Å². The van der Waals surface area contributed by atoms with Crippen molar-refractivity contribution in [2.24, 2.45) is 0 Å². The number of nitrogens with zero attached hydrogens (tertiary/aromatic N) is 1. The second-order valence-electron chi connectivity index (χ2n) is 8.13. The highest BCUT2D eigenvalue weighted by molar-refractivity contribution is 7.90. The van der Waals surface area contributed by atoms with Gasteiger partial charge >= 0.3 is 5.97 Å². The van der Waals surface area contributed by atoms with E-state index >= 15 is 0 Å². The largest absolute Gasteiger partial charge is 0.472 e. The van der Waals surface area contributed by atoms with Crippen molar-refractivity contribution in [1.82, 2.24) is 9.19 Å². The van der Waals surface area contributed by atoms with Gasteiger partial charge in [0.25, 0.3) is 10.0 Å². The molecule has 0 saturated heterocycles. The van der Waals surface area contributed by atoms with Crippen LogP contribution in [0.2, 0.25) is 0 Å². The molecule has 0 amide bonds. The molecule has 1 aliphatic heterocycles. The Labute approximate surface area is 174 Å². The van der Waals surface area contributed by atoms with Gasteiger partial charge in [-0.15, -0.1) is 0 Å². The van der Waals surface area contributed by atoms with E-state index in [0.29, 0.717) is 11.3 Å². The average molecular weight is 426 g/mol. The molecular formula is C22H22N2O5S. The summed E-state index contributed by atoms with van der Waals surface area (Å²) in [4.78, 5) is 12.9. The first kappa shape index (κ1) is 20.0. The fraction of sp³-hybridized carbons (Fsp3) is 0.227. The maximum atomic E-state index is 13.3. The fourth-order valence-electron chi connectivity index (χ4n) is 3.17. The summed E-state index contributed by atoms with van der Waals surface area (Å²) in [6.07, 6.45) is 3.09. The number of fused-ring (bicyclic) bond motifs is 1. The van der Waals surface area contributed by atoms with Crippen molar-refractivity contribution in [3.63, 3.8) is 0 Å². The van der Waals surface area contributed by atoms with E-state index in [2.05, 4.69) is 5.10 Å². The van der Waals surface area contributed by atoms with Crippen molar-refractivity contribution in [3.05, 3.63) is 66.2 Å². The zero-order valence-corrected chi connectivity index (χ0v) is 17.9. The minimum absolute atomic E-state index is 0.0744. The maximum absolute atomic E-state index is 13.3. The lowest BCUT2D eigenvalue weighted by Crippen LogP contribution is -2.24. The predicted octanol–water partition coefficient (Wildman–Crippen LogP) is 4.68. The molecule has 1 aliphatic carbocycles. The molecule has 1 aromatic carbocycles. The molecule has 0 atom stereocenters. The molecule has 2 heterocycles. The number of carbonyl (C=O) groups is 1. The summed E-state index contributed by atoms with van der Waals surface area (Å²) >= 11 is 0. The van der Waals surface area contributed by atoms with Crippen molar-refractivity contribution in [2.75, 3.05) is 0 Å². The smallest absolute Gasteiger partial charge is 0.357 e. The molecule has 2 aliphatic rings. The molecule has 0 radical (unpaired) electrons. The van der Waals surface area contributed by atoms with Gasteiger partial charge in [-0.1, -0.05) is 17.7 Å². The molecule has 30 heavy (non-hydrogen) atoms. The van der Waals surface area contributed by atoms with Crippen LogP contribution < -0.4 is 0 Å². The number of benzene rings is 1. The average Bonchev–Trinajstić information content (AvgIpc) is 3.36. The van der Waals surface area contributed by atoms with Crippen LogP contribution in [0.15, 0.2) is 64.3 Å². The van der Waals surface area contributed by atoms with Gasteiger partial charge in [-0.05, 0) is 63.6 Å². The lowest BCUT2D eigenvalue weighted by atomic mass is 10.1. The number of aromatic amines is 1. The Kier molecular flexibility index (Phi) is 4.62. The van der Waals surface area contributed by atoms with Gasteiger partial charge in [-0.2, -0.15) is 12.5 Å². The first-order valence-electron chi connectivity index (χ1n) is 9.39. The normalized spacial score (nSPS) is 12.4. The fourth-order valence-corrected chi connectivity index (χ4v) is 4.48. The highest BCUT2D eigenvalue weighted by Crippen LogP contribution is 2.37. The van der Waals surface area contributed by atoms with E-state index in [1.807, 2.05) is 6.92 Å². The first-order chi connectivity index (χ1) is 14.1. The summed E-state index contributed by atoms with van der Waals surface area (Å²) in [5.74, 6) is -0.630. The Morgan fingerprint density at radius 3 is 2.37 bits per heavy atom. The van der Waals surface area contributed by atoms with E-state index in [0.717, 1.165) is 20.8 Å². The van der Waals surface area contributed by atoms with Gasteiger partial charge in [0.2, 0.25) is 0 Å². The molecule has 0 fully saturated rings. The highest BCUT2D eigenvalue weighted by atomic mass is 32.2. The molecule has 1 aromatic heterocycles. The third-order valence-electron chi connectivity index (χ3n) is 4.59. The van der Waals surface area contributed by atoms with Crippen LogP contribution in [0.4, 0.5) is 0 Å². The molecule has 8 heteroatoms. The van der Waals surface area contributed by atoms with Crippen molar-refractivity contribution >= 4 is 16.0 Å². The molecule has 0 bridgehead atoms. The maximum Gasteiger partial charge on any atom is 0.357 e. The second-order valence-corrected chi connectivity index (χ2v) is 9.91. The van der Waals surface area contributed by atoms with Crippen LogP contribution in [0, 0.1) is 6.92 Å². The summed E-state index contributed by atoms with van der Waals surface area (Å²) in [6, 6.07) is 11.8. The zero-order chi connectivity index (χ0) is 21.7. The molecular weight excluding hydrogens is 404 g/mol. The number of nitrogens with one attached hydrogen (secondary N) is 1. The van der Waals surface area contributed by atoms with Gasteiger partial charge in [-0.25, -0.2) is 4.79 Å². The summed E-state index contributed by atoms with van der Waals surface area (Å²) in [7, 11) is -3.96. The number of aromatic nitrogens is 2. The lowest BCUT2D eigenvalue weighted by molar-refractivity contribution is 0.00637. The predicted molar refractivity (Wildman–Crippen MR) is 112 cm³/mol. The van der Waals surface area contributed by atoms with Gasteiger partial charge in [0.05, 0.1) is 23.1 Å². The number of carbonyl (C=O) groups excluding carboxylic acids is 1. The quantitative estimate of drug-likeness (QED) is 0.478. The Hall–Kier alpha value is -3.26. The summed E-state index contributed by atoms with van der Waals surface area (Å²) in [6.45, 7) is 7.14. The number of rotatable bonds is 4. The third-order valence-corrected chi connectivity index (χ3v) is 6.22. The zero-order valence-electron chi connectivity index (χ0n) is 17.1. The van der Waals surface area contributed by atoms with Crippen molar-refractivity contribution in [3.8, 4) is 22.4 Å². The van der Waals surface area contributed by atoms with E-state index in [1.54, 1.807) is 57.4 Å². The number of esters is 1. The molecule has 0 unspecified atom stereocenters. The van der Waals surface area contributed by atoms with Gasteiger partial charge in [0.1, 0.15) is 5.60 Å². The number of aryl methyl sites for hydroxylation is 1. The Balaban J connectivity index is 1.90. The van der Waals surface area contributed by atoms with Crippen LogP contribution in [0.5, 0.6) is 0 Å². The summed E-state index contributed by atoms with van der Waals surface area (Å²) in [5.41, 5.74) is 2.62. The molecule has 2 aromatic rings. The molecule has 7 nitrogen and oxygen atoms in total. The first-order valence-corrected chi connectivity index (χ1v) is 10.8. The van der Waals surface area contributed by atoms with Crippen LogP contribution >= 0.6 is 0 Å². The number of furan rings is 1. The van der Waals surface area contributed by atoms with Crippen LogP contribution in [0.25, 0.3) is 22.4 Å². The number of hydrogen-bond donors (Lipinski definition) is 1. The van der Waals surface area contributed by atoms with Crippen LogP contribution in [-0.2, 0) is 14.8 Å². The summed E-state index contributed by atoms with van der Waals surface area (Å²) in [5, 5.41) is 2.75. The lowest BCUT2D eigenvalue weighted by Gasteiger charge is -2.18. The van der Waals surface area contributed by atoms with E-state index < -0.39 is 21.6 Å². The van der Waals surface area contributed by atoms with Gasteiger partial charge in [0, 0.05) is 11.1 Å². The van der Waals surface area contributed by atoms with Gasteiger partial charge in [0.15, 0.2) is 5.69 Å². The Bertz CT molecular complexity index is 1270. The minimum Gasteiger partial charge on any atom is -0.472 e. The van der Waals surface area contributed by atoms with Crippen LogP contribution in [0.3, 0.4) is 0 Å². The van der Waals surface area contributed by atoms with E-state index in [-0.39, 0.29) is 10.6 Å². The molecule has 1 N–H and O–H groups in total. The third kappa shape index (κ3) is 3.54. The number of hydrogen-bond acceptors (Lipinski definition) is 5. The van der Waals surface area contributed by atoms with E-state index in [4.69, 9.17) is 9.15 Å². The van der Waals surface area contributed by atoms with Crippen molar-refractivity contribution < 1.29 is 22.4 Å². The topological polar surface area (TPSA) is 94.3 Å². The molecule has 156 valence electrons. The number of H-pyrrole nitrogens is 1.